The monoisotopic (exact) mass is 404 g/mol. The first-order valence-corrected chi connectivity index (χ1v) is 8.99. The van der Waals surface area contributed by atoms with Gasteiger partial charge in [0.1, 0.15) is 21.5 Å². The number of ether oxygens (including phenoxy) is 2. The minimum absolute atomic E-state index is 0.00532. The van der Waals surface area contributed by atoms with Crippen molar-refractivity contribution in [2.24, 2.45) is 0 Å². The molecule has 1 aliphatic rings. The summed E-state index contributed by atoms with van der Waals surface area (Å²) in [5.74, 6) is -1.58. The number of rotatable bonds is 5. The Balaban J connectivity index is 2.25. The third-order valence-corrected chi connectivity index (χ3v) is 5.41. The minimum atomic E-state index is -0.819. The van der Waals surface area contributed by atoms with Crippen molar-refractivity contribution in [3.63, 3.8) is 0 Å². The number of aromatic nitrogens is 2. The van der Waals surface area contributed by atoms with Crippen molar-refractivity contribution in [3.05, 3.63) is 48.6 Å². The second-order valence-corrected chi connectivity index (χ2v) is 7.15. The highest BCUT2D eigenvalue weighted by molar-refractivity contribution is 7.18. The van der Waals surface area contributed by atoms with Crippen LogP contribution in [0.5, 0.6) is 0 Å². The van der Waals surface area contributed by atoms with Gasteiger partial charge in [-0.15, -0.1) is 11.3 Å². The van der Waals surface area contributed by atoms with Gasteiger partial charge in [0.2, 0.25) is 0 Å². The fraction of sp³-hybridized carbons (Fsp3) is 0.353. The first kappa shape index (κ1) is 19.4. The number of nitrogens with two attached hydrogens (primary N) is 1. The van der Waals surface area contributed by atoms with Crippen molar-refractivity contribution in [1.82, 2.24) is 9.13 Å². The molecular weight excluding hydrogens is 388 g/mol. The summed E-state index contributed by atoms with van der Waals surface area (Å²) in [6.45, 7) is -0.428. The number of nitrogen functional groups attached to an aromatic ring is 1. The lowest BCUT2D eigenvalue weighted by Gasteiger charge is -2.12. The van der Waals surface area contributed by atoms with Gasteiger partial charge in [0.05, 0.1) is 26.3 Å². The molecule has 3 rings (SSSR count). The molecule has 2 aromatic rings. The van der Waals surface area contributed by atoms with E-state index in [2.05, 4.69) is 0 Å². The van der Waals surface area contributed by atoms with Gasteiger partial charge in [0.15, 0.2) is 0 Å². The number of nitrogens with zero attached hydrogens (tertiary/aromatic N) is 3. The van der Waals surface area contributed by atoms with E-state index < -0.39 is 29.7 Å². The first-order valence-electron chi connectivity index (χ1n) is 8.17. The molecule has 2 aromatic heterocycles. The number of methoxy groups -OCH3 is 2. The quantitative estimate of drug-likeness (QED) is 0.708. The molecule has 2 heterocycles. The molecule has 0 saturated heterocycles. The fourth-order valence-electron chi connectivity index (χ4n) is 2.83. The van der Waals surface area contributed by atoms with Crippen LogP contribution in [0.15, 0.2) is 15.8 Å². The summed E-state index contributed by atoms with van der Waals surface area (Å²) in [5, 5.41) is 9.24. The molecule has 1 fully saturated rings. The SMILES string of the molecule is COC(=O)c1sc(N)c(C(=O)OC)c1Cn1c(=O)c(C#N)cn(C2CC2)c1=O. The topological polar surface area (TPSA) is 146 Å². The van der Waals surface area contributed by atoms with E-state index in [-0.39, 0.29) is 32.6 Å². The predicted molar refractivity (Wildman–Crippen MR) is 98.5 cm³/mol. The van der Waals surface area contributed by atoms with Crippen LogP contribution in [0.3, 0.4) is 0 Å². The average Bonchev–Trinajstić information content (AvgIpc) is 3.47. The molecule has 0 atom stereocenters. The van der Waals surface area contributed by atoms with Crippen molar-refractivity contribution >= 4 is 28.3 Å². The van der Waals surface area contributed by atoms with E-state index in [0.717, 1.165) is 43.0 Å². The molecule has 146 valence electrons. The van der Waals surface area contributed by atoms with Gasteiger partial charge >= 0.3 is 17.6 Å². The van der Waals surface area contributed by atoms with Crippen molar-refractivity contribution < 1.29 is 19.1 Å². The number of carbonyl (C=O) groups excluding carboxylic acids is 2. The van der Waals surface area contributed by atoms with Crippen LogP contribution in [-0.4, -0.2) is 35.3 Å². The second kappa shape index (κ2) is 7.32. The number of nitriles is 1. The van der Waals surface area contributed by atoms with Crippen LogP contribution >= 0.6 is 11.3 Å². The van der Waals surface area contributed by atoms with Crippen LogP contribution < -0.4 is 17.0 Å². The van der Waals surface area contributed by atoms with E-state index in [1.54, 1.807) is 6.07 Å². The summed E-state index contributed by atoms with van der Waals surface area (Å²) in [6, 6.07) is 1.69. The molecule has 1 aliphatic carbocycles. The molecular formula is C17H16N4O6S. The highest BCUT2D eigenvalue weighted by Crippen LogP contribution is 2.34. The van der Waals surface area contributed by atoms with Crippen LogP contribution in [-0.2, 0) is 16.0 Å². The van der Waals surface area contributed by atoms with Crippen molar-refractivity contribution in [1.29, 1.82) is 5.26 Å². The third-order valence-electron chi connectivity index (χ3n) is 4.37. The van der Waals surface area contributed by atoms with Crippen molar-refractivity contribution in [2.45, 2.75) is 25.4 Å². The number of carbonyl (C=O) groups is 2. The van der Waals surface area contributed by atoms with E-state index in [1.807, 2.05) is 0 Å². The lowest BCUT2D eigenvalue weighted by Crippen LogP contribution is -2.41. The Bertz CT molecular complexity index is 1130. The smallest absolute Gasteiger partial charge is 0.348 e. The zero-order valence-corrected chi connectivity index (χ0v) is 15.9. The Morgan fingerprint density at radius 2 is 1.93 bits per heavy atom. The molecule has 0 amide bonds. The molecule has 10 nitrogen and oxygen atoms in total. The van der Waals surface area contributed by atoms with Gasteiger partial charge in [-0.1, -0.05) is 0 Å². The summed E-state index contributed by atoms with van der Waals surface area (Å²) in [4.78, 5) is 49.7. The van der Waals surface area contributed by atoms with Gasteiger partial charge < -0.3 is 15.2 Å². The molecule has 28 heavy (non-hydrogen) atoms. The zero-order chi connectivity index (χ0) is 20.6. The van der Waals surface area contributed by atoms with E-state index in [1.165, 1.54) is 10.8 Å². The second-order valence-electron chi connectivity index (χ2n) is 6.10. The highest BCUT2D eigenvalue weighted by Gasteiger charge is 2.30. The highest BCUT2D eigenvalue weighted by atomic mass is 32.1. The van der Waals surface area contributed by atoms with Crippen LogP contribution in [0.25, 0.3) is 0 Å². The maximum Gasteiger partial charge on any atom is 0.348 e. The Labute approximate surface area is 162 Å². The molecule has 0 aliphatic heterocycles. The van der Waals surface area contributed by atoms with Crippen LogP contribution in [0.2, 0.25) is 0 Å². The Morgan fingerprint density at radius 3 is 2.46 bits per heavy atom. The standard InChI is InChI=1S/C17H16N4O6S/c1-26-15(23)11-10(12(16(24)27-2)28-13(11)19)7-21-14(22)8(5-18)6-20(17(21)25)9-3-4-9/h6,9H,3-4,7,19H2,1-2H3. The number of anilines is 1. The van der Waals surface area contributed by atoms with Crippen molar-refractivity contribution in [2.75, 3.05) is 20.0 Å². The maximum absolute atomic E-state index is 12.8. The summed E-state index contributed by atoms with van der Waals surface area (Å²) < 4.78 is 11.6. The fourth-order valence-corrected chi connectivity index (χ4v) is 3.81. The number of thiophene rings is 1. The number of hydrogen-bond acceptors (Lipinski definition) is 9. The first-order chi connectivity index (χ1) is 13.3. The molecule has 0 radical (unpaired) electrons. The Hall–Kier alpha value is -3.39. The Morgan fingerprint density at radius 1 is 1.29 bits per heavy atom. The van der Waals surface area contributed by atoms with Gasteiger partial charge in [-0.05, 0) is 12.8 Å². The lowest BCUT2D eigenvalue weighted by atomic mass is 10.1. The summed E-state index contributed by atoms with van der Waals surface area (Å²) in [5.41, 5.74) is 4.13. The normalized spacial score (nSPS) is 13.0. The molecule has 0 aromatic carbocycles. The summed E-state index contributed by atoms with van der Waals surface area (Å²) >= 11 is 0.794. The van der Waals surface area contributed by atoms with E-state index in [0.29, 0.717) is 0 Å². The van der Waals surface area contributed by atoms with E-state index in [4.69, 9.17) is 15.2 Å². The molecule has 2 N–H and O–H groups in total. The van der Waals surface area contributed by atoms with Gasteiger partial charge in [-0.2, -0.15) is 5.26 Å². The lowest BCUT2D eigenvalue weighted by molar-refractivity contribution is 0.0601. The predicted octanol–water partition coefficient (Wildman–Crippen LogP) is 0.482. The van der Waals surface area contributed by atoms with Gasteiger partial charge in [-0.3, -0.25) is 13.9 Å². The molecule has 1 saturated carbocycles. The van der Waals surface area contributed by atoms with Crippen LogP contribution in [0.1, 0.15) is 50.0 Å². The Kier molecular flexibility index (Phi) is 5.06. The van der Waals surface area contributed by atoms with Crippen molar-refractivity contribution in [3.8, 4) is 6.07 Å². The van der Waals surface area contributed by atoms with Gasteiger partial charge in [-0.25, -0.2) is 14.4 Å². The molecule has 0 bridgehead atoms. The van der Waals surface area contributed by atoms with E-state index >= 15 is 0 Å². The minimum Gasteiger partial charge on any atom is -0.465 e. The molecule has 0 spiro atoms. The van der Waals surface area contributed by atoms with Crippen LogP contribution in [0.4, 0.5) is 5.00 Å². The third kappa shape index (κ3) is 3.18. The van der Waals surface area contributed by atoms with Gasteiger partial charge in [0.25, 0.3) is 5.56 Å². The summed E-state index contributed by atoms with van der Waals surface area (Å²) in [7, 11) is 2.30. The number of hydrogen-bond donors (Lipinski definition) is 1. The zero-order valence-electron chi connectivity index (χ0n) is 15.1. The van der Waals surface area contributed by atoms with Crippen LogP contribution in [0, 0.1) is 11.3 Å². The maximum atomic E-state index is 12.8. The van der Waals surface area contributed by atoms with Gasteiger partial charge in [0, 0.05) is 17.8 Å². The van der Waals surface area contributed by atoms with E-state index in [9.17, 15) is 24.4 Å². The number of esters is 2. The molecule has 0 unspecified atom stereocenters. The average molecular weight is 404 g/mol. The molecule has 11 heteroatoms. The summed E-state index contributed by atoms with van der Waals surface area (Å²) in [6.07, 6.45) is 2.76. The largest absolute Gasteiger partial charge is 0.465 e.